The lowest BCUT2D eigenvalue weighted by molar-refractivity contribution is -0.149. The number of hydrogen-bond donors (Lipinski definition) is 2. The summed E-state index contributed by atoms with van der Waals surface area (Å²) in [5.74, 6) is -2.81. The molecule has 0 saturated heterocycles. The van der Waals surface area contributed by atoms with E-state index in [0.29, 0.717) is 6.42 Å². The molecular formula is C22H37NO5. The summed E-state index contributed by atoms with van der Waals surface area (Å²) in [6.45, 7) is 1.08. The van der Waals surface area contributed by atoms with Crippen LogP contribution in [-0.2, 0) is 14.4 Å². The molecule has 1 amide bonds. The molecule has 0 aromatic carbocycles. The van der Waals surface area contributed by atoms with Gasteiger partial charge in [-0.1, -0.05) is 63.3 Å². The van der Waals surface area contributed by atoms with Crippen molar-refractivity contribution < 1.29 is 24.6 Å². The Labute approximate surface area is 169 Å². The normalized spacial score (nSPS) is 11.3. The predicted molar refractivity (Wildman–Crippen MR) is 111 cm³/mol. The van der Waals surface area contributed by atoms with Gasteiger partial charge in [0.2, 0.25) is 5.91 Å². The second-order valence-corrected chi connectivity index (χ2v) is 7.02. The fourth-order valence-electron chi connectivity index (χ4n) is 2.80. The number of unbranched alkanes of at least 4 members (excludes halogenated alkanes) is 8. The van der Waals surface area contributed by atoms with E-state index in [1.807, 2.05) is 0 Å². The minimum Gasteiger partial charge on any atom is -0.480 e. The van der Waals surface area contributed by atoms with Crippen LogP contribution in [0.2, 0.25) is 0 Å². The number of carboxylic acids is 2. The Morgan fingerprint density at radius 3 is 1.75 bits per heavy atom. The maximum atomic E-state index is 11.9. The van der Waals surface area contributed by atoms with Crippen molar-refractivity contribution in [2.45, 2.75) is 84.0 Å². The number of rotatable bonds is 18. The van der Waals surface area contributed by atoms with Gasteiger partial charge < -0.3 is 15.1 Å². The summed E-state index contributed by atoms with van der Waals surface area (Å²) >= 11 is 0. The van der Waals surface area contributed by atoms with Crippen LogP contribution in [0, 0.1) is 0 Å². The number of carbonyl (C=O) groups excluding carboxylic acids is 1. The van der Waals surface area contributed by atoms with E-state index in [2.05, 4.69) is 31.2 Å². The molecular weight excluding hydrogens is 358 g/mol. The fraction of sp³-hybridized carbons (Fsp3) is 0.682. The molecule has 0 spiro atoms. The summed E-state index contributed by atoms with van der Waals surface area (Å²) < 4.78 is 0. The maximum Gasteiger partial charge on any atom is 0.323 e. The molecule has 0 rings (SSSR count). The third kappa shape index (κ3) is 17.3. The van der Waals surface area contributed by atoms with Crippen LogP contribution in [0.1, 0.15) is 84.0 Å². The molecule has 0 aromatic heterocycles. The quantitative estimate of drug-likeness (QED) is 0.257. The number of aliphatic carboxylic acids is 2. The number of carbonyl (C=O) groups is 3. The van der Waals surface area contributed by atoms with Gasteiger partial charge in [-0.2, -0.15) is 0 Å². The van der Waals surface area contributed by atoms with Crippen molar-refractivity contribution in [2.24, 2.45) is 0 Å². The van der Waals surface area contributed by atoms with E-state index in [0.717, 1.165) is 43.4 Å². The fourth-order valence-corrected chi connectivity index (χ4v) is 2.80. The van der Waals surface area contributed by atoms with Gasteiger partial charge in [-0.3, -0.25) is 14.4 Å². The summed E-state index contributed by atoms with van der Waals surface area (Å²) in [4.78, 5) is 34.2. The van der Waals surface area contributed by atoms with E-state index in [-0.39, 0.29) is 6.42 Å². The van der Waals surface area contributed by atoms with Gasteiger partial charge in [0, 0.05) is 6.42 Å². The van der Waals surface area contributed by atoms with Gasteiger partial charge in [0.25, 0.3) is 0 Å². The minimum atomic E-state index is -1.20. The summed E-state index contributed by atoms with van der Waals surface area (Å²) in [6, 6.07) is 0. The highest BCUT2D eigenvalue weighted by molar-refractivity contribution is 5.85. The van der Waals surface area contributed by atoms with Gasteiger partial charge in [-0.05, 0) is 38.5 Å². The summed E-state index contributed by atoms with van der Waals surface area (Å²) in [5.41, 5.74) is 0. The standard InChI is InChI=1S/C22H37NO5/c1-2-3-4-5-6-7-8-9-10-11-12-13-14-15-16-17-20(24)23(18-21(25)26)19-22(27)28/h6-7,9-10H,2-5,8,11-19H2,1H3,(H,25,26)(H,27,28)/b7-6-,10-9-. The first-order valence-electron chi connectivity index (χ1n) is 10.5. The van der Waals surface area contributed by atoms with Crippen LogP contribution in [0.5, 0.6) is 0 Å². The summed E-state index contributed by atoms with van der Waals surface area (Å²) in [6.07, 6.45) is 21.0. The molecule has 0 aliphatic rings. The van der Waals surface area contributed by atoms with Crippen molar-refractivity contribution in [2.75, 3.05) is 13.1 Å². The van der Waals surface area contributed by atoms with Crippen LogP contribution in [0.4, 0.5) is 0 Å². The van der Waals surface area contributed by atoms with Crippen LogP contribution < -0.4 is 0 Å². The molecule has 0 unspecified atom stereocenters. The Hall–Kier alpha value is -2.11. The van der Waals surface area contributed by atoms with E-state index in [1.54, 1.807) is 0 Å². The Morgan fingerprint density at radius 2 is 1.21 bits per heavy atom. The van der Waals surface area contributed by atoms with Gasteiger partial charge in [0.05, 0.1) is 0 Å². The van der Waals surface area contributed by atoms with Crippen molar-refractivity contribution in [3.05, 3.63) is 24.3 Å². The van der Waals surface area contributed by atoms with Crippen LogP contribution in [0.3, 0.4) is 0 Å². The van der Waals surface area contributed by atoms with Gasteiger partial charge in [-0.25, -0.2) is 0 Å². The van der Waals surface area contributed by atoms with Crippen molar-refractivity contribution in [3.8, 4) is 0 Å². The Morgan fingerprint density at radius 1 is 0.714 bits per heavy atom. The van der Waals surface area contributed by atoms with Crippen molar-refractivity contribution in [3.63, 3.8) is 0 Å². The highest BCUT2D eigenvalue weighted by Crippen LogP contribution is 2.09. The zero-order valence-electron chi connectivity index (χ0n) is 17.3. The van der Waals surface area contributed by atoms with E-state index >= 15 is 0 Å². The van der Waals surface area contributed by atoms with E-state index in [4.69, 9.17) is 10.2 Å². The lowest BCUT2D eigenvalue weighted by Crippen LogP contribution is -2.39. The Bertz CT molecular complexity index is 483. The average molecular weight is 396 g/mol. The minimum absolute atomic E-state index is 0.199. The SMILES string of the molecule is CCCCC/C=C\C/C=C\CCCCCCCC(=O)N(CC(=O)O)CC(=O)O. The van der Waals surface area contributed by atoms with Gasteiger partial charge >= 0.3 is 11.9 Å². The predicted octanol–water partition coefficient (Wildman–Crippen LogP) is 4.80. The van der Waals surface area contributed by atoms with Crippen molar-refractivity contribution >= 4 is 17.8 Å². The first-order valence-corrected chi connectivity index (χ1v) is 10.5. The largest absolute Gasteiger partial charge is 0.480 e. The zero-order valence-corrected chi connectivity index (χ0v) is 17.3. The Kier molecular flexibility index (Phi) is 16.9. The van der Waals surface area contributed by atoms with E-state index < -0.39 is 30.9 Å². The maximum absolute atomic E-state index is 11.9. The third-order valence-corrected chi connectivity index (χ3v) is 4.35. The smallest absolute Gasteiger partial charge is 0.323 e. The lowest BCUT2D eigenvalue weighted by atomic mass is 10.1. The van der Waals surface area contributed by atoms with Crippen LogP contribution in [0.15, 0.2) is 24.3 Å². The summed E-state index contributed by atoms with van der Waals surface area (Å²) in [7, 11) is 0. The molecule has 0 atom stereocenters. The van der Waals surface area contributed by atoms with Crippen LogP contribution in [0.25, 0.3) is 0 Å². The van der Waals surface area contributed by atoms with Crippen LogP contribution >= 0.6 is 0 Å². The molecule has 0 aromatic rings. The monoisotopic (exact) mass is 395 g/mol. The van der Waals surface area contributed by atoms with E-state index in [9.17, 15) is 14.4 Å². The molecule has 160 valence electrons. The second kappa shape index (κ2) is 18.3. The first-order chi connectivity index (χ1) is 13.5. The third-order valence-electron chi connectivity index (χ3n) is 4.35. The van der Waals surface area contributed by atoms with Crippen LogP contribution in [-0.4, -0.2) is 46.0 Å². The second-order valence-electron chi connectivity index (χ2n) is 7.02. The topological polar surface area (TPSA) is 94.9 Å². The molecule has 0 heterocycles. The number of nitrogens with zero attached hydrogens (tertiary/aromatic N) is 1. The molecule has 6 nitrogen and oxygen atoms in total. The van der Waals surface area contributed by atoms with Gasteiger partial charge in [-0.15, -0.1) is 0 Å². The number of carboxylic acid groups (broad SMARTS) is 2. The highest BCUT2D eigenvalue weighted by Gasteiger charge is 2.18. The molecule has 0 fully saturated rings. The molecule has 0 bridgehead atoms. The molecule has 2 N–H and O–H groups in total. The van der Waals surface area contributed by atoms with Gasteiger partial charge in [0.1, 0.15) is 13.1 Å². The lowest BCUT2D eigenvalue weighted by Gasteiger charge is -2.18. The molecule has 6 heteroatoms. The number of hydrogen-bond acceptors (Lipinski definition) is 3. The average Bonchev–Trinajstić information content (AvgIpc) is 2.63. The zero-order chi connectivity index (χ0) is 21.0. The Balaban J connectivity index is 3.66. The molecule has 0 aliphatic carbocycles. The van der Waals surface area contributed by atoms with E-state index in [1.165, 1.54) is 25.7 Å². The highest BCUT2D eigenvalue weighted by atomic mass is 16.4. The van der Waals surface area contributed by atoms with Crippen molar-refractivity contribution in [1.29, 1.82) is 0 Å². The van der Waals surface area contributed by atoms with Gasteiger partial charge in [0.15, 0.2) is 0 Å². The molecule has 28 heavy (non-hydrogen) atoms. The molecule has 0 aliphatic heterocycles. The summed E-state index contributed by atoms with van der Waals surface area (Å²) in [5, 5.41) is 17.5. The number of amides is 1. The number of allylic oxidation sites excluding steroid dienone is 4. The molecule has 0 saturated carbocycles. The first kappa shape index (κ1) is 25.9. The molecule has 0 radical (unpaired) electrons. The van der Waals surface area contributed by atoms with Crippen molar-refractivity contribution in [1.82, 2.24) is 4.90 Å².